The average molecular weight is 273 g/mol. The Balaban J connectivity index is 1.77. The summed E-state index contributed by atoms with van der Waals surface area (Å²) < 4.78 is 0. The van der Waals surface area contributed by atoms with Crippen LogP contribution in [0.4, 0.5) is 0 Å². The average Bonchev–Trinajstić information content (AvgIpc) is 2.97. The van der Waals surface area contributed by atoms with Gasteiger partial charge in [0, 0.05) is 29.3 Å². The Labute approximate surface area is 113 Å². The molecule has 4 heteroatoms. The third-order valence-electron chi connectivity index (χ3n) is 3.07. The molecule has 0 aliphatic heterocycles. The van der Waals surface area contributed by atoms with Crippen LogP contribution in [0.25, 0.3) is 0 Å². The van der Waals surface area contributed by atoms with Crippen LogP contribution < -0.4 is 5.32 Å². The van der Waals surface area contributed by atoms with Gasteiger partial charge in [-0.1, -0.05) is 20.8 Å². The predicted molar refractivity (Wildman–Crippen MR) is 74.9 cm³/mol. The van der Waals surface area contributed by atoms with Gasteiger partial charge < -0.3 is 5.32 Å². The number of hydrogen-bond donors (Lipinski definition) is 1. The Morgan fingerprint density at radius 1 is 1.53 bits per heavy atom. The molecule has 0 radical (unpaired) electrons. The van der Waals surface area contributed by atoms with Crippen LogP contribution in [-0.2, 0) is 12.0 Å². The Kier molecular flexibility index (Phi) is 4.11. The molecule has 0 bridgehead atoms. The van der Waals surface area contributed by atoms with Crippen LogP contribution in [0, 0.1) is 5.92 Å². The lowest BCUT2D eigenvalue weighted by Gasteiger charge is -2.14. The highest BCUT2D eigenvalue weighted by molar-refractivity contribution is 7.09. The van der Waals surface area contributed by atoms with Gasteiger partial charge in [-0.3, -0.25) is 0 Å². The van der Waals surface area contributed by atoms with Crippen molar-refractivity contribution in [3.63, 3.8) is 0 Å². The minimum atomic E-state index is 0.151. The normalized spacial score (nSPS) is 18.4. The molecule has 1 unspecified atom stereocenters. The molecule has 2 rings (SSSR count). The molecule has 17 heavy (non-hydrogen) atoms. The van der Waals surface area contributed by atoms with Crippen LogP contribution in [0.15, 0.2) is 5.38 Å². The fourth-order valence-electron chi connectivity index (χ4n) is 1.68. The molecule has 2 nitrogen and oxygen atoms in total. The summed E-state index contributed by atoms with van der Waals surface area (Å²) in [6.07, 6.45) is 2.61. The van der Waals surface area contributed by atoms with Crippen molar-refractivity contribution in [2.45, 2.75) is 50.9 Å². The molecule has 1 aliphatic carbocycles. The van der Waals surface area contributed by atoms with E-state index in [1.807, 2.05) is 0 Å². The lowest BCUT2D eigenvalue weighted by molar-refractivity contribution is 0.566. The first kappa shape index (κ1) is 13.3. The van der Waals surface area contributed by atoms with Gasteiger partial charge in [-0.15, -0.1) is 22.9 Å². The zero-order valence-corrected chi connectivity index (χ0v) is 12.4. The van der Waals surface area contributed by atoms with Crippen molar-refractivity contribution >= 4 is 22.9 Å². The van der Waals surface area contributed by atoms with Crippen LogP contribution in [0.2, 0.25) is 0 Å². The minimum Gasteiger partial charge on any atom is -0.309 e. The number of nitrogens with zero attached hydrogens (tertiary/aromatic N) is 1. The van der Waals surface area contributed by atoms with E-state index in [9.17, 15) is 0 Å². The third-order valence-corrected chi connectivity index (χ3v) is 4.43. The lowest BCUT2D eigenvalue weighted by atomic mass is 9.93. The summed E-state index contributed by atoms with van der Waals surface area (Å²) in [6, 6.07) is 0. The topological polar surface area (TPSA) is 24.9 Å². The number of nitrogens with one attached hydrogen (secondary N) is 1. The van der Waals surface area contributed by atoms with Crippen molar-refractivity contribution in [2.75, 3.05) is 6.54 Å². The quantitative estimate of drug-likeness (QED) is 0.830. The highest BCUT2D eigenvalue weighted by atomic mass is 35.5. The van der Waals surface area contributed by atoms with Crippen LogP contribution in [-0.4, -0.2) is 16.9 Å². The molecule has 0 saturated heterocycles. The van der Waals surface area contributed by atoms with Crippen molar-refractivity contribution in [3.8, 4) is 0 Å². The van der Waals surface area contributed by atoms with Gasteiger partial charge in [0.05, 0.1) is 5.69 Å². The molecule has 1 heterocycles. The van der Waals surface area contributed by atoms with Gasteiger partial charge in [-0.2, -0.15) is 0 Å². The first-order chi connectivity index (χ1) is 7.97. The Morgan fingerprint density at radius 3 is 2.76 bits per heavy atom. The fourth-order valence-corrected chi connectivity index (χ4v) is 3.03. The molecule has 0 spiro atoms. The largest absolute Gasteiger partial charge is 0.309 e. The van der Waals surface area contributed by atoms with E-state index < -0.39 is 0 Å². The maximum Gasteiger partial charge on any atom is 0.107 e. The molecular formula is C13H21ClN2S. The maximum absolute atomic E-state index is 6.24. The first-order valence-electron chi connectivity index (χ1n) is 6.26. The number of hydrogen-bond acceptors (Lipinski definition) is 3. The zero-order chi connectivity index (χ0) is 12.5. The van der Waals surface area contributed by atoms with Gasteiger partial charge in [0.25, 0.3) is 0 Å². The van der Waals surface area contributed by atoms with Crippen molar-refractivity contribution in [2.24, 2.45) is 5.92 Å². The minimum absolute atomic E-state index is 0.151. The summed E-state index contributed by atoms with van der Waals surface area (Å²) >= 11 is 7.98. The van der Waals surface area contributed by atoms with Gasteiger partial charge >= 0.3 is 0 Å². The molecule has 0 aromatic carbocycles. The van der Waals surface area contributed by atoms with E-state index in [-0.39, 0.29) is 5.41 Å². The van der Waals surface area contributed by atoms with Gasteiger partial charge in [-0.25, -0.2) is 4.98 Å². The second kappa shape index (κ2) is 5.25. The highest BCUT2D eigenvalue weighted by Gasteiger charge is 2.29. The summed E-state index contributed by atoms with van der Waals surface area (Å²) in [6.45, 7) is 8.33. The predicted octanol–water partition coefficient (Wildman–Crippen LogP) is 3.55. The van der Waals surface area contributed by atoms with E-state index in [4.69, 9.17) is 11.6 Å². The summed E-state index contributed by atoms with van der Waals surface area (Å²) in [5.41, 5.74) is 1.33. The van der Waals surface area contributed by atoms with Crippen LogP contribution in [0.5, 0.6) is 0 Å². The molecular weight excluding hydrogens is 252 g/mol. The molecule has 0 amide bonds. The molecule has 96 valence electrons. The van der Waals surface area contributed by atoms with Gasteiger partial charge in [0.15, 0.2) is 0 Å². The number of aromatic nitrogens is 1. The Bertz CT molecular complexity index is 366. The number of alkyl halides is 1. The van der Waals surface area contributed by atoms with E-state index >= 15 is 0 Å². The molecule has 1 saturated carbocycles. The molecule has 1 N–H and O–H groups in total. The van der Waals surface area contributed by atoms with Gasteiger partial charge in [-0.05, 0) is 18.8 Å². The van der Waals surface area contributed by atoms with Gasteiger partial charge in [0.2, 0.25) is 0 Å². The lowest BCUT2D eigenvalue weighted by Crippen LogP contribution is -2.24. The highest BCUT2D eigenvalue weighted by Crippen LogP contribution is 2.35. The monoisotopic (exact) mass is 272 g/mol. The van der Waals surface area contributed by atoms with E-state index in [1.54, 1.807) is 11.3 Å². The number of thiazole rings is 1. The van der Waals surface area contributed by atoms with Crippen molar-refractivity contribution < 1.29 is 0 Å². The fraction of sp³-hybridized carbons (Fsp3) is 0.769. The Morgan fingerprint density at radius 2 is 2.24 bits per heavy atom. The second-order valence-electron chi connectivity index (χ2n) is 5.86. The summed E-state index contributed by atoms with van der Waals surface area (Å²) in [5, 5.41) is 7.03. The van der Waals surface area contributed by atoms with E-state index in [0.717, 1.165) is 24.0 Å². The summed E-state index contributed by atoms with van der Waals surface area (Å²) in [7, 11) is 0. The molecule has 1 fully saturated rings. The number of halogens is 1. The zero-order valence-electron chi connectivity index (χ0n) is 10.8. The molecule has 1 aromatic rings. The number of rotatable bonds is 5. The van der Waals surface area contributed by atoms with Crippen molar-refractivity contribution in [1.82, 2.24) is 10.3 Å². The van der Waals surface area contributed by atoms with E-state index in [1.165, 1.54) is 18.5 Å². The molecule has 1 atom stereocenters. The first-order valence-corrected chi connectivity index (χ1v) is 7.58. The van der Waals surface area contributed by atoms with Crippen LogP contribution in [0.3, 0.4) is 0 Å². The maximum atomic E-state index is 6.24. The summed E-state index contributed by atoms with van der Waals surface area (Å²) in [4.78, 5) is 4.65. The Hall–Kier alpha value is -0.120. The van der Waals surface area contributed by atoms with Crippen LogP contribution >= 0.6 is 22.9 Å². The second-order valence-corrected chi connectivity index (χ2v) is 7.36. The molecule has 1 aliphatic rings. The van der Waals surface area contributed by atoms with Crippen molar-refractivity contribution in [1.29, 1.82) is 0 Å². The van der Waals surface area contributed by atoms with Gasteiger partial charge in [0.1, 0.15) is 5.01 Å². The SMILES string of the molecule is CC(C)(C)c1csc(CNCC(Cl)C2CC2)n1. The van der Waals surface area contributed by atoms with Crippen molar-refractivity contribution in [3.05, 3.63) is 16.1 Å². The van der Waals surface area contributed by atoms with E-state index in [0.29, 0.717) is 5.38 Å². The summed E-state index contributed by atoms with van der Waals surface area (Å²) in [5.74, 6) is 0.755. The standard InChI is InChI=1S/C13H21ClN2S/c1-13(2,3)11-8-17-12(16-11)7-15-6-10(14)9-4-5-9/h8-10,15H,4-7H2,1-3H3. The van der Waals surface area contributed by atoms with E-state index in [2.05, 4.69) is 36.5 Å². The third kappa shape index (κ3) is 3.94. The van der Waals surface area contributed by atoms with Crippen LogP contribution in [0.1, 0.15) is 44.3 Å². The molecule has 1 aromatic heterocycles. The smallest absolute Gasteiger partial charge is 0.107 e.